The third kappa shape index (κ3) is 4.44. The molecule has 3 heterocycles. The van der Waals surface area contributed by atoms with E-state index in [-0.39, 0.29) is 10.9 Å². The van der Waals surface area contributed by atoms with Gasteiger partial charge in [0.2, 0.25) is 11.4 Å². The van der Waals surface area contributed by atoms with E-state index in [4.69, 9.17) is 23.8 Å². The number of nitrogens with zero attached hydrogens (tertiary/aromatic N) is 5. The van der Waals surface area contributed by atoms with Crippen LogP contribution in [0, 0.1) is 0 Å². The largest absolute Gasteiger partial charge is 0.477 e. The van der Waals surface area contributed by atoms with Crippen LogP contribution in [0.4, 0.5) is 5.95 Å². The minimum atomic E-state index is -1.26. The van der Waals surface area contributed by atoms with E-state index in [0.717, 1.165) is 23.6 Å². The van der Waals surface area contributed by atoms with Crippen molar-refractivity contribution in [2.24, 2.45) is 0 Å². The summed E-state index contributed by atoms with van der Waals surface area (Å²) in [5.74, 6) is -0.737. The quantitative estimate of drug-likeness (QED) is 0.568. The van der Waals surface area contributed by atoms with Crippen molar-refractivity contribution in [1.29, 1.82) is 0 Å². The number of pyridine rings is 1. The third-order valence-corrected chi connectivity index (χ3v) is 6.21. The van der Waals surface area contributed by atoms with E-state index in [1.165, 1.54) is 12.4 Å². The van der Waals surface area contributed by atoms with Crippen molar-refractivity contribution in [3.05, 3.63) is 63.0 Å². The lowest BCUT2D eigenvalue weighted by Gasteiger charge is -2.36. The van der Waals surface area contributed by atoms with Gasteiger partial charge in [-0.05, 0) is 24.6 Å². The molecule has 0 radical (unpaired) electrons. The first kappa shape index (κ1) is 22.2. The van der Waals surface area contributed by atoms with Gasteiger partial charge in [0.15, 0.2) is 0 Å². The number of carbonyl (C=O) groups is 1. The summed E-state index contributed by atoms with van der Waals surface area (Å²) in [6, 6.07) is 7.70. The molecule has 1 aromatic carbocycles. The van der Waals surface area contributed by atoms with Crippen molar-refractivity contribution in [2.75, 3.05) is 31.1 Å². The maximum absolute atomic E-state index is 12.5. The zero-order valence-electron chi connectivity index (χ0n) is 17.5. The van der Waals surface area contributed by atoms with Gasteiger partial charge >= 0.3 is 5.97 Å². The van der Waals surface area contributed by atoms with Gasteiger partial charge in [-0.25, -0.2) is 9.78 Å². The van der Waals surface area contributed by atoms with Gasteiger partial charge in [-0.3, -0.25) is 4.79 Å². The number of anilines is 1. The smallest absolute Gasteiger partial charge is 0.341 e. The van der Waals surface area contributed by atoms with Gasteiger partial charge in [-0.2, -0.15) is 4.98 Å². The second kappa shape index (κ2) is 9.22. The lowest BCUT2D eigenvalue weighted by molar-refractivity contribution is 0.0695. The van der Waals surface area contributed by atoms with Crippen LogP contribution in [0.5, 0.6) is 0 Å². The number of halogens is 1. The van der Waals surface area contributed by atoms with Gasteiger partial charge in [0, 0.05) is 56.6 Å². The summed E-state index contributed by atoms with van der Waals surface area (Å²) < 4.78 is 1.67. The molecule has 0 atom stereocenters. The van der Waals surface area contributed by atoms with E-state index in [2.05, 4.69) is 19.8 Å². The fraction of sp³-hybridized carbons (Fsp3) is 0.318. The maximum Gasteiger partial charge on any atom is 0.341 e. The molecular weight excluding hydrogens is 450 g/mol. The van der Waals surface area contributed by atoms with E-state index < -0.39 is 11.4 Å². The average Bonchev–Trinajstić information content (AvgIpc) is 2.80. The first-order chi connectivity index (χ1) is 15.4. The molecule has 1 saturated heterocycles. The van der Waals surface area contributed by atoms with Crippen molar-refractivity contribution in [3.63, 3.8) is 0 Å². The number of rotatable bonds is 5. The molecule has 8 nitrogen and oxygen atoms in total. The highest BCUT2D eigenvalue weighted by Crippen LogP contribution is 2.17. The maximum atomic E-state index is 12.5. The Bertz CT molecular complexity index is 1240. The zero-order chi connectivity index (χ0) is 22.8. The van der Waals surface area contributed by atoms with Crippen molar-refractivity contribution in [1.82, 2.24) is 19.4 Å². The minimum absolute atomic E-state index is 0.207. The molecule has 0 saturated carbocycles. The lowest BCUT2D eigenvalue weighted by atomic mass is 10.1. The molecule has 32 heavy (non-hydrogen) atoms. The predicted molar refractivity (Wildman–Crippen MR) is 128 cm³/mol. The molecule has 166 valence electrons. The first-order valence-electron chi connectivity index (χ1n) is 10.3. The Morgan fingerprint density at radius 1 is 1.19 bits per heavy atom. The van der Waals surface area contributed by atoms with Gasteiger partial charge in [0.1, 0.15) is 11.2 Å². The number of piperazine rings is 1. The van der Waals surface area contributed by atoms with Crippen LogP contribution in [0.3, 0.4) is 0 Å². The molecule has 1 aliphatic heterocycles. The number of carboxylic acid groups (broad SMARTS) is 1. The van der Waals surface area contributed by atoms with Crippen LogP contribution in [0.2, 0.25) is 5.02 Å². The van der Waals surface area contributed by atoms with Crippen molar-refractivity contribution < 1.29 is 9.90 Å². The molecule has 3 aromatic rings. The number of hydrogen-bond acceptors (Lipinski definition) is 6. The molecule has 0 spiro atoms. The van der Waals surface area contributed by atoms with Crippen molar-refractivity contribution in [2.45, 2.75) is 19.9 Å². The Morgan fingerprint density at radius 2 is 1.88 bits per heavy atom. The standard InChI is InChI=1S/C22H22ClN5O3S/c1-2-26-13-17(21(30)31)19(29)16-12-24-22(25-20(16)26)28-9-7-27(8-10-28)18(32)11-14-3-5-15(23)6-4-14/h3-6,12-13H,2,7-11H2,1H3,(H,30,31). The predicted octanol–water partition coefficient (Wildman–Crippen LogP) is 2.86. The van der Waals surface area contributed by atoms with Gasteiger partial charge < -0.3 is 19.5 Å². The molecule has 0 amide bonds. The van der Waals surface area contributed by atoms with Crippen LogP contribution in [0.1, 0.15) is 22.8 Å². The lowest BCUT2D eigenvalue weighted by Crippen LogP contribution is -2.49. The number of fused-ring (bicyclic) bond motifs is 1. The Kier molecular flexibility index (Phi) is 6.38. The van der Waals surface area contributed by atoms with Gasteiger partial charge in [-0.15, -0.1) is 0 Å². The van der Waals surface area contributed by atoms with Crippen LogP contribution in [0.15, 0.2) is 41.5 Å². The summed E-state index contributed by atoms with van der Waals surface area (Å²) in [6.07, 6.45) is 3.46. The SMILES string of the molecule is CCn1cc(C(=O)O)c(=O)c2cnc(N3CCN(C(=S)Cc4ccc(Cl)cc4)CC3)nc21. The van der Waals surface area contributed by atoms with Gasteiger partial charge in [-0.1, -0.05) is 36.0 Å². The summed E-state index contributed by atoms with van der Waals surface area (Å²) in [4.78, 5) is 37.9. The van der Waals surface area contributed by atoms with Gasteiger partial charge in [0.25, 0.3) is 0 Å². The minimum Gasteiger partial charge on any atom is -0.477 e. The number of benzene rings is 1. The van der Waals surface area contributed by atoms with E-state index >= 15 is 0 Å². The first-order valence-corrected chi connectivity index (χ1v) is 11.1. The van der Waals surface area contributed by atoms with E-state index in [9.17, 15) is 14.7 Å². The Balaban J connectivity index is 1.49. The van der Waals surface area contributed by atoms with Crippen LogP contribution < -0.4 is 10.3 Å². The molecule has 0 unspecified atom stereocenters. The number of carboxylic acids is 1. The molecule has 2 aromatic heterocycles. The summed E-state index contributed by atoms with van der Waals surface area (Å²) in [5, 5.41) is 10.2. The number of aryl methyl sites for hydroxylation is 1. The second-order valence-electron chi connectivity index (χ2n) is 7.54. The van der Waals surface area contributed by atoms with E-state index in [1.54, 1.807) is 4.57 Å². The molecule has 1 aliphatic rings. The number of hydrogen-bond donors (Lipinski definition) is 1. The van der Waals surface area contributed by atoms with Crippen LogP contribution in [-0.4, -0.2) is 61.7 Å². The highest BCUT2D eigenvalue weighted by molar-refractivity contribution is 7.80. The van der Waals surface area contributed by atoms with Crippen LogP contribution in [0.25, 0.3) is 11.0 Å². The fourth-order valence-corrected chi connectivity index (χ4v) is 4.23. The van der Waals surface area contributed by atoms with Crippen LogP contribution >= 0.6 is 23.8 Å². The third-order valence-electron chi connectivity index (χ3n) is 5.56. The summed E-state index contributed by atoms with van der Waals surface area (Å²) in [5.41, 5.74) is 0.714. The average molecular weight is 472 g/mol. The molecule has 4 rings (SSSR count). The fourth-order valence-electron chi connectivity index (χ4n) is 3.75. The molecule has 10 heteroatoms. The Hall–Kier alpha value is -3.04. The molecule has 0 aliphatic carbocycles. The van der Waals surface area contributed by atoms with Gasteiger partial charge in [0.05, 0.1) is 10.4 Å². The molecule has 0 bridgehead atoms. The molecular formula is C22H22ClN5O3S. The van der Waals surface area contributed by atoms with E-state index in [1.807, 2.05) is 31.2 Å². The Morgan fingerprint density at radius 3 is 2.50 bits per heavy atom. The Labute approximate surface area is 195 Å². The number of aromatic nitrogens is 3. The summed E-state index contributed by atoms with van der Waals surface area (Å²) in [7, 11) is 0. The van der Waals surface area contributed by atoms with Crippen molar-refractivity contribution in [3.8, 4) is 0 Å². The zero-order valence-corrected chi connectivity index (χ0v) is 19.1. The summed E-state index contributed by atoms with van der Waals surface area (Å²) in [6.45, 7) is 5.22. The second-order valence-corrected chi connectivity index (χ2v) is 8.45. The van der Waals surface area contributed by atoms with Crippen molar-refractivity contribution >= 4 is 51.8 Å². The monoisotopic (exact) mass is 471 g/mol. The summed E-state index contributed by atoms with van der Waals surface area (Å²) >= 11 is 11.6. The van der Waals surface area contributed by atoms with Crippen LogP contribution in [-0.2, 0) is 13.0 Å². The van der Waals surface area contributed by atoms with E-state index in [0.29, 0.717) is 42.7 Å². The number of thiocarbonyl (C=S) groups is 1. The number of aromatic carboxylic acids is 1. The normalized spacial score (nSPS) is 14.1. The topological polar surface area (TPSA) is 91.6 Å². The highest BCUT2D eigenvalue weighted by Gasteiger charge is 2.22. The molecule has 1 N–H and O–H groups in total. The molecule has 1 fully saturated rings. The highest BCUT2D eigenvalue weighted by atomic mass is 35.5.